The number of methoxy groups -OCH3 is 1. The fourth-order valence-electron chi connectivity index (χ4n) is 3.00. The molecule has 1 fully saturated rings. The van der Waals surface area contributed by atoms with E-state index < -0.39 is 0 Å². The number of carbonyl (C=O) groups is 2. The van der Waals surface area contributed by atoms with Crippen molar-refractivity contribution in [2.24, 2.45) is 5.92 Å². The molecule has 1 aromatic heterocycles. The lowest BCUT2D eigenvalue weighted by atomic mass is 9.94. The fraction of sp³-hybridized carbons (Fsp3) is 0.588. The average molecular weight is 304 g/mol. The molecule has 1 heterocycles. The van der Waals surface area contributed by atoms with Gasteiger partial charge in [0.1, 0.15) is 0 Å². The van der Waals surface area contributed by atoms with Gasteiger partial charge >= 0.3 is 5.97 Å². The largest absolute Gasteiger partial charge is 0.469 e. The van der Waals surface area contributed by atoms with E-state index in [1.54, 1.807) is 12.4 Å². The molecule has 2 atom stereocenters. The SMILES string of the molecule is COC(=O)C1CCCCCC1NC(=O)CCc1ccncc1. The number of nitrogens with one attached hydrogen (secondary N) is 1. The van der Waals surface area contributed by atoms with Crippen molar-refractivity contribution in [2.75, 3.05) is 7.11 Å². The summed E-state index contributed by atoms with van der Waals surface area (Å²) in [5.41, 5.74) is 1.09. The van der Waals surface area contributed by atoms with Crippen molar-refractivity contribution in [1.82, 2.24) is 10.3 Å². The topological polar surface area (TPSA) is 68.3 Å². The molecular formula is C17H24N2O3. The van der Waals surface area contributed by atoms with Crippen LogP contribution in [-0.4, -0.2) is 30.0 Å². The van der Waals surface area contributed by atoms with Gasteiger partial charge in [-0.3, -0.25) is 14.6 Å². The Kier molecular flexibility index (Phi) is 6.37. The number of esters is 1. The van der Waals surface area contributed by atoms with E-state index in [1.807, 2.05) is 12.1 Å². The van der Waals surface area contributed by atoms with Crippen molar-refractivity contribution in [3.63, 3.8) is 0 Å². The Morgan fingerprint density at radius 1 is 1.23 bits per heavy atom. The van der Waals surface area contributed by atoms with Crippen molar-refractivity contribution in [1.29, 1.82) is 0 Å². The summed E-state index contributed by atoms with van der Waals surface area (Å²) in [6.45, 7) is 0. The molecule has 1 aromatic rings. The van der Waals surface area contributed by atoms with Crippen LogP contribution >= 0.6 is 0 Å². The van der Waals surface area contributed by atoms with Crippen LogP contribution in [0, 0.1) is 5.92 Å². The second-order valence-corrected chi connectivity index (χ2v) is 5.80. The number of aryl methyl sites for hydroxylation is 1. The van der Waals surface area contributed by atoms with Crippen LogP contribution in [0.1, 0.15) is 44.1 Å². The van der Waals surface area contributed by atoms with Gasteiger partial charge in [-0.15, -0.1) is 0 Å². The van der Waals surface area contributed by atoms with E-state index in [4.69, 9.17) is 4.74 Å². The highest BCUT2D eigenvalue weighted by atomic mass is 16.5. The number of pyridine rings is 1. The van der Waals surface area contributed by atoms with Gasteiger partial charge in [-0.2, -0.15) is 0 Å². The molecule has 5 nitrogen and oxygen atoms in total. The smallest absolute Gasteiger partial charge is 0.310 e. The van der Waals surface area contributed by atoms with Gasteiger partial charge in [-0.25, -0.2) is 0 Å². The minimum Gasteiger partial charge on any atom is -0.469 e. The zero-order chi connectivity index (χ0) is 15.8. The first kappa shape index (κ1) is 16.5. The number of carbonyl (C=O) groups excluding carboxylic acids is 2. The van der Waals surface area contributed by atoms with Crippen LogP contribution in [0.5, 0.6) is 0 Å². The Morgan fingerprint density at radius 2 is 1.95 bits per heavy atom. The number of ether oxygens (including phenoxy) is 1. The lowest BCUT2D eigenvalue weighted by Gasteiger charge is -2.24. The minimum absolute atomic E-state index is 0.00221. The molecule has 0 bridgehead atoms. The monoisotopic (exact) mass is 304 g/mol. The van der Waals surface area contributed by atoms with Gasteiger partial charge in [-0.1, -0.05) is 19.3 Å². The molecule has 0 radical (unpaired) electrons. The maximum Gasteiger partial charge on any atom is 0.310 e. The summed E-state index contributed by atoms with van der Waals surface area (Å²) >= 11 is 0. The number of amides is 1. The van der Waals surface area contributed by atoms with Crippen molar-refractivity contribution < 1.29 is 14.3 Å². The second-order valence-electron chi connectivity index (χ2n) is 5.80. The van der Waals surface area contributed by atoms with E-state index in [0.717, 1.165) is 37.7 Å². The average Bonchev–Trinajstić information content (AvgIpc) is 2.78. The Balaban J connectivity index is 1.88. The quantitative estimate of drug-likeness (QED) is 0.669. The molecule has 1 amide bonds. The lowest BCUT2D eigenvalue weighted by Crippen LogP contribution is -2.43. The van der Waals surface area contributed by atoms with Gasteiger partial charge in [0, 0.05) is 24.9 Å². The maximum atomic E-state index is 12.2. The molecule has 0 saturated heterocycles. The zero-order valence-corrected chi connectivity index (χ0v) is 13.1. The lowest BCUT2D eigenvalue weighted by molar-refractivity contribution is -0.147. The molecule has 2 unspecified atom stereocenters. The van der Waals surface area contributed by atoms with Gasteiger partial charge < -0.3 is 10.1 Å². The summed E-state index contributed by atoms with van der Waals surface area (Å²) < 4.78 is 4.89. The number of nitrogens with zero attached hydrogens (tertiary/aromatic N) is 1. The van der Waals surface area contributed by atoms with Crippen LogP contribution in [0.15, 0.2) is 24.5 Å². The summed E-state index contributed by atoms with van der Waals surface area (Å²) in [4.78, 5) is 28.0. The summed E-state index contributed by atoms with van der Waals surface area (Å²) in [5.74, 6) is -0.420. The number of hydrogen-bond acceptors (Lipinski definition) is 4. The van der Waals surface area contributed by atoms with Crippen molar-refractivity contribution in [3.05, 3.63) is 30.1 Å². The second kappa shape index (κ2) is 8.51. The molecule has 0 aromatic carbocycles. The summed E-state index contributed by atoms with van der Waals surface area (Å²) in [6, 6.07) is 3.73. The van der Waals surface area contributed by atoms with E-state index in [0.29, 0.717) is 12.8 Å². The Morgan fingerprint density at radius 3 is 2.68 bits per heavy atom. The normalized spacial score (nSPS) is 21.7. The molecular weight excluding hydrogens is 280 g/mol. The van der Waals surface area contributed by atoms with E-state index in [2.05, 4.69) is 10.3 Å². The third-order valence-corrected chi connectivity index (χ3v) is 4.26. The van der Waals surface area contributed by atoms with Crippen LogP contribution in [0.3, 0.4) is 0 Å². The highest BCUT2D eigenvalue weighted by molar-refractivity contribution is 5.78. The predicted molar refractivity (Wildman–Crippen MR) is 83.1 cm³/mol. The van der Waals surface area contributed by atoms with Gasteiger partial charge in [-0.05, 0) is 37.0 Å². The highest BCUT2D eigenvalue weighted by Gasteiger charge is 2.31. The fourth-order valence-corrected chi connectivity index (χ4v) is 3.00. The Bertz CT molecular complexity index is 490. The van der Waals surface area contributed by atoms with E-state index in [1.165, 1.54) is 7.11 Å². The van der Waals surface area contributed by atoms with Crippen LogP contribution in [0.4, 0.5) is 0 Å². The van der Waals surface area contributed by atoms with Crippen LogP contribution in [0.25, 0.3) is 0 Å². The molecule has 1 aliphatic carbocycles. The number of rotatable bonds is 5. The van der Waals surface area contributed by atoms with Gasteiger partial charge in [0.05, 0.1) is 13.0 Å². The first-order valence-electron chi connectivity index (χ1n) is 7.97. The molecule has 22 heavy (non-hydrogen) atoms. The first-order valence-corrected chi connectivity index (χ1v) is 7.97. The highest BCUT2D eigenvalue weighted by Crippen LogP contribution is 2.24. The molecule has 5 heteroatoms. The molecule has 0 aliphatic heterocycles. The third-order valence-electron chi connectivity index (χ3n) is 4.26. The molecule has 1 aliphatic rings. The van der Waals surface area contributed by atoms with Crippen molar-refractivity contribution in [3.8, 4) is 0 Å². The first-order chi connectivity index (χ1) is 10.7. The van der Waals surface area contributed by atoms with E-state index in [-0.39, 0.29) is 23.8 Å². The standard InChI is InChI=1S/C17H24N2O3/c1-22-17(21)14-5-3-2-4-6-15(14)19-16(20)8-7-13-9-11-18-12-10-13/h9-12,14-15H,2-8H2,1H3,(H,19,20). The summed E-state index contributed by atoms with van der Waals surface area (Å²) in [7, 11) is 1.41. The molecule has 2 rings (SSSR count). The molecule has 1 N–H and O–H groups in total. The van der Waals surface area contributed by atoms with Crippen molar-refractivity contribution >= 4 is 11.9 Å². The number of aromatic nitrogens is 1. The van der Waals surface area contributed by atoms with Gasteiger partial charge in [0.15, 0.2) is 0 Å². The number of hydrogen-bond donors (Lipinski definition) is 1. The molecule has 0 spiro atoms. The van der Waals surface area contributed by atoms with Crippen molar-refractivity contribution in [2.45, 2.75) is 51.0 Å². The minimum atomic E-state index is -0.211. The molecule has 1 saturated carbocycles. The summed E-state index contributed by atoms with van der Waals surface area (Å²) in [5, 5.41) is 3.04. The molecule has 120 valence electrons. The van der Waals surface area contributed by atoms with E-state index >= 15 is 0 Å². The van der Waals surface area contributed by atoms with Crippen LogP contribution in [-0.2, 0) is 20.7 Å². The third kappa shape index (κ3) is 4.83. The Labute approximate surface area is 131 Å². The zero-order valence-electron chi connectivity index (χ0n) is 13.1. The Hall–Kier alpha value is -1.91. The van der Waals surface area contributed by atoms with Crippen LogP contribution < -0.4 is 5.32 Å². The van der Waals surface area contributed by atoms with Gasteiger partial charge in [0.25, 0.3) is 0 Å². The van der Waals surface area contributed by atoms with E-state index in [9.17, 15) is 9.59 Å². The maximum absolute atomic E-state index is 12.2. The van der Waals surface area contributed by atoms with Gasteiger partial charge in [0.2, 0.25) is 5.91 Å². The summed E-state index contributed by atoms with van der Waals surface area (Å²) in [6.07, 6.45) is 9.38. The van der Waals surface area contributed by atoms with Crippen LogP contribution in [0.2, 0.25) is 0 Å². The predicted octanol–water partition coefficient (Wildman–Crippen LogP) is 2.25.